The van der Waals surface area contributed by atoms with Gasteiger partial charge in [-0.25, -0.2) is 8.42 Å². The molecule has 13 heteroatoms. The molecule has 1 unspecified atom stereocenters. The van der Waals surface area contributed by atoms with Gasteiger partial charge in [0.2, 0.25) is 11.8 Å². The number of likely N-dealkylation sites (tertiary alicyclic amines) is 1. The molecule has 2 aromatic rings. The SMILES string of the molecule is COCC12CN(S(=O)(=O)c3cc4cc(Cl)ccc4[nH]3)CC(=O)N1CC1(CCN(C(=O)CO)CC1)N2C. The highest BCUT2D eigenvalue weighted by Gasteiger charge is 2.63. The first-order chi connectivity index (χ1) is 17.1. The van der Waals surface area contributed by atoms with Gasteiger partial charge in [-0.2, -0.15) is 4.31 Å². The van der Waals surface area contributed by atoms with Crippen LogP contribution in [-0.2, 0) is 24.3 Å². The van der Waals surface area contributed by atoms with Crippen LogP contribution < -0.4 is 0 Å². The Morgan fingerprint density at radius 1 is 1.22 bits per heavy atom. The van der Waals surface area contributed by atoms with Crippen LogP contribution in [0.4, 0.5) is 0 Å². The Labute approximate surface area is 214 Å². The second-order valence-electron chi connectivity index (χ2n) is 9.86. The van der Waals surface area contributed by atoms with Crippen molar-refractivity contribution >= 4 is 44.3 Å². The number of piperidine rings is 1. The summed E-state index contributed by atoms with van der Waals surface area (Å²) in [6.07, 6.45) is 1.19. The summed E-state index contributed by atoms with van der Waals surface area (Å²) >= 11 is 6.07. The normalized spacial score (nSPS) is 25.2. The number of aromatic nitrogens is 1. The number of carbonyl (C=O) groups is 2. The molecule has 1 spiro atoms. The number of halogens is 1. The summed E-state index contributed by atoms with van der Waals surface area (Å²) in [5.41, 5.74) is -0.788. The molecule has 3 saturated heterocycles. The van der Waals surface area contributed by atoms with Crippen molar-refractivity contribution < 1.29 is 27.9 Å². The van der Waals surface area contributed by atoms with Crippen LogP contribution in [0.5, 0.6) is 0 Å². The first-order valence-electron chi connectivity index (χ1n) is 11.8. The van der Waals surface area contributed by atoms with Crippen molar-refractivity contribution in [2.45, 2.75) is 29.1 Å². The number of hydrogen-bond acceptors (Lipinski definition) is 7. The maximum atomic E-state index is 13.7. The van der Waals surface area contributed by atoms with Gasteiger partial charge in [-0.1, -0.05) is 11.6 Å². The molecule has 0 bridgehead atoms. The highest BCUT2D eigenvalue weighted by Crippen LogP contribution is 2.45. The van der Waals surface area contributed by atoms with Crippen LogP contribution >= 0.6 is 11.6 Å². The average Bonchev–Trinajstić information content (AvgIpc) is 3.38. The number of likely N-dealkylation sites (N-methyl/N-ethyl adjacent to an activating group) is 1. The molecule has 2 amide bonds. The molecule has 36 heavy (non-hydrogen) atoms. The first kappa shape index (κ1) is 25.4. The van der Waals surface area contributed by atoms with Gasteiger partial charge < -0.3 is 24.6 Å². The minimum Gasteiger partial charge on any atom is -0.387 e. The number of fused-ring (bicyclic) bond motifs is 2. The van der Waals surface area contributed by atoms with Crippen molar-refractivity contribution in [3.05, 3.63) is 29.3 Å². The van der Waals surface area contributed by atoms with Gasteiger partial charge in [-0.3, -0.25) is 14.5 Å². The Bertz CT molecular complexity index is 1310. The predicted octanol–water partition coefficient (Wildman–Crippen LogP) is 0.296. The van der Waals surface area contributed by atoms with Crippen molar-refractivity contribution in [3.8, 4) is 0 Å². The molecule has 1 aromatic heterocycles. The quantitative estimate of drug-likeness (QED) is 0.559. The monoisotopic (exact) mass is 539 g/mol. The van der Waals surface area contributed by atoms with Gasteiger partial charge in [-0.05, 0) is 44.2 Å². The van der Waals surface area contributed by atoms with E-state index in [1.54, 1.807) is 28.0 Å². The molecule has 1 atom stereocenters. The van der Waals surface area contributed by atoms with E-state index < -0.39 is 27.8 Å². The Balaban J connectivity index is 1.47. The molecule has 196 valence electrons. The third kappa shape index (κ3) is 3.82. The fourth-order valence-electron chi connectivity index (χ4n) is 6.00. The largest absolute Gasteiger partial charge is 0.387 e. The fourth-order valence-corrected chi connectivity index (χ4v) is 7.63. The van der Waals surface area contributed by atoms with Crippen molar-refractivity contribution in [1.82, 2.24) is 24.0 Å². The van der Waals surface area contributed by atoms with Gasteiger partial charge in [0, 0.05) is 48.2 Å². The van der Waals surface area contributed by atoms with Crippen molar-refractivity contribution in [1.29, 1.82) is 0 Å². The van der Waals surface area contributed by atoms with E-state index in [1.165, 1.54) is 17.5 Å². The van der Waals surface area contributed by atoms with E-state index in [0.717, 1.165) is 0 Å². The number of benzene rings is 1. The summed E-state index contributed by atoms with van der Waals surface area (Å²) in [5, 5.41) is 10.4. The number of aliphatic hydroxyl groups is 1. The maximum absolute atomic E-state index is 13.7. The molecule has 3 aliphatic rings. The first-order valence-corrected chi connectivity index (χ1v) is 13.6. The number of rotatable bonds is 5. The zero-order chi connectivity index (χ0) is 25.9. The zero-order valence-electron chi connectivity index (χ0n) is 20.2. The number of piperazine rings is 1. The Morgan fingerprint density at radius 2 is 1.94 bits per heavy atom. The number of ether oxygens (including phenoxy) is 1. The maximum Gasteiger partial charge on any atom is 0.259 e. The second-order valence-corrected chi connectivity index (χ2v) is 12.2. The van der Waals surface area contributed by atoms with E-state index in [1.807, 2.05) is 7.05 Å². The number of hydrogen-bond donors (Lipinski definition) is 2. The standard InChI is InChI=1S/C23H30ClN5O6S/c1-26-22(5-7-27(8-6-22)21(32)12-30)13-29-20(31)11-28(14-23(26,29)15-35-2)36(33,34)19-10-16-9-17(24)3-4-18(16)25-19/h3-4,9-10,25,30H,5-8,11-15H2,1-2H3. The lowest BCUT2D eigenvalue weighted by atomic mass is 9.86. The molecule has 1 aromatic carbocycles. The lowest BCUT2D eigenvalue weighted by molar-refractivity contribution is -0.152. The van der Waals surface area contributed by atoms with Crippen LogP contribution in [0.2, 0.25) is 5.02 Å². The predicted molar refractivity (Wildman–Crippen MR) is 132 cm³/mol. The van der Waals surface area contributed by atoms with E-state index in [0.29, 0.717) is 48.4 Å². The van der Waals surface area contributed by atoms with Gasteiger partial charge in [0.25, 0.3) is 10.0 Å². The highest BCUT2D eigenvalue weighted by atomic mass is 35.5. The summed E-state index contributed by atoms with van der Waals surface area (Å²) in [7, 11) is -0.595. The molecule has 3 aliphatic heterocycles. The van der Waals surface area contributed by atoms with Crippen LogP contribution in [0, 0.1) is 0 Å². The van der Waals surface area contributed by atoms with Crippen molar-refractivity contribution in [3.63, 3.8) is 0 Å². The van der Waals surface area contributed by atoms with Crippen LogP contribution in [0.3, 0.4) is 0 Å². The van der Waals surface area contributed by atoms with Crippen LogP contribution in [0.15, 0.2) is 29.3 Å². The number of carbonyl (C=O) groups excluding carboxylic acids is 2. The fraction of sp³-hybridized carbons (Fsp3) is 0.565. The lowest BCUT2D eigenvalue weighted by Crippen LogP contribution is -2.70. The molecule has 0 radical (unpaired) electrons. The van der Waals surface area contributed by atoms with Gasteiger partial charge >= 0.3 is 0 Å². The molecule has 0 saturated carbocycles. The van der Waals surface area contributed by atoms with Gasteiger partial charge in [0.1, 0.15) is 17.3 Å². The highest BCUT2D eigenvalue weighted by molar-refractivity contribution is 7.89. The molecule has 11 nitrogen and oxygen atoms in total. The van der Waals surface area contributed by atoms with Crippen molar-refractivity contribution in [2.75, 3.05) is 60.1 Å². The lowest BCUT2D eigenvalue weighted by Gasteiger charge is -2.50. The number of sulfonamides is 1. The van der Waals surface area contributed by atoms with Crippen LogP contribution in [0.25, 0.3) is 10.9 Å². The molecule has 3 fully saturated rings. The number of aromatic amines is 1. The third-order valence-corrected chi connectivity index (χ3v) is 10.0. The Kier molecular flexibility index (Phi) is 6.33. The zero-order valence-corrected chi connectivity index (χ0v) is 21.8. The van der Waals surface area contributed by atoms with E-state index in [9.17, 15) is 23.1 Å². The number of nitrogens with zero attached hydrogens (tertiary/aromatic N) is 4. The number of methoxy groups -OCH3 is 1. The molecule has 4 heterocycles. The summed E-state index contributed by atoms with van der Waals surface area (Å²) < 4.78 is 34.2. The minimum atomic E-state index is -4.03. The smallest absolute Gasteiger partial charge is 0.259 e. The van der Waals surface area contributed by atoms with Crippen LogP contribution in [-0.4, -0.2) is 121 Å². The average molecular weight is 540 g/mol. The van der Waals surface area contributed by atoms with Crippen molar-refractivity contribution in [2.24, 2.45) is 0 Å². The van der Waals surface area contributed by atoms with E-state index in [2.05, 4.69) is 9.88 Å². The topological polar surface area (TPSA) is 126 Å². The summed E-state index contributed by atoms with van der Waals surface area (Å²) in [5.74, 6) is -0.610. The second kappa shape index (κ2) is 8.96. The third-order valence-electron chi connectivity index (χ3n) is 8.07. The van der Waals surface area contributed by atoms with E-state index in [4.69, 9.17) is 16.3 Å². The molecule has 2 N–H and O–H groups in total. The van der Waals surface area contributed by atoms with Gasteiger partial charge in [0.15, 0.2) is 0 Å². The molecule has 0 aliphatic carbocycles. The number of H-pyrrole nitrogens is 1. The number of aliphatic hydroxyl groups excluding tert-OH is 1. The molecular weight excluding hydrogens is 510 g/mol. The molecule has 5 rings (SSSR count). The summed E-state index contributed by atoms with van der Waals surface area (Å²) in [6, 6.07) is 6.61. The summed E-state index contributed by atoms with van der Waals surface area (Å²) in [6.45, 7) is 0.693. The van der Waals surface area contributed by atoms with E-state index >= 15 is 0 Å². The Morgan fingerprint density at radius 3 is 2.61 bits per heavy atom. The Hall–Kier alpha value is -2.22. The minimum absolute atomic E-state index is 0.000212. The van der Waals surface area contributed by atoms with Gasteiger partial charge in [0.05, 0.1) is 19.7 Å². The number of amides is 2. The van der Waals surface area contributed by atoms with E-state index in [-0.39, 0.29) is 36.5 Å². The van der Waals surface area contributed by atoms with Crippen LogP contribution in [0.1, 0.15) is 12.8 Å². The number of nitrogens with one attached hydrogen (secondary N) is 1. The molecular formula is C23H30ClN5O6S. The summed E-state index contributed by atoms with van der Waals surface area (Å²) in [4.78, 5) is 33.9. The van der Waals surface area contributed by atoms with Gasteiger partial charge in [-0.15, -0.1) is 0 Å².